The molecule has 6 heteroatoms. The van der Waals surface area contributed by atoms with Gasteiger partial charge in [0.25, 0.3) is 0 Å². The van der Waals surface area contributed by atoms with Gasteiger partial charge in [-0.25, -0.2) is 4.98 Å². The third kappa shape index (κ3) is 2.43. The monoisotopic (exact) mass is 263 g/mol. The molecule has 0 amide bonds. The average Bonchev–Trinajstić information content (AvgIpc) is 2.95. The molecule has 0 aliphatic carbocycles. The highest BCUT2D eigenvalue weighted by Gasteiger charge is 2.10. The molecule has 2 N–H and O–H groups in total. The van der Waals surface area contributed by atoms with E-state index in [-0.39, 0.29) is 0 Å². The molecule has 2 aromatic heterocycles. The summed E-state index contributed by atoms with van der Waals surface area (Å²) in [5, 5.41) is 4.52. The topological polar surface area (TPSA) is 61.7 Å². The molecule has 0 radical (unpaired) electrons. The Kier molecular flexibility index (Phi) is 3.76. The summed E-state index contributed by atoms with van der Waals surface area (Å²) in [5.41, 5.74) is 7.88. The normalized spacial score (nSPS) is 10.8. The Labute approximate surface area is 112 Å². The number of nitrogens with two attached hydrogens (primary N) is 1. The third-order valence-corrected chi connectivity index (χ3v) is 3.03. The van der Waals surface area contributed by atoms with Crippen LogP contribution in [0, 0.1) is 0 Å². The molecule has 0 aliphatic rings. The fourth-order valence-corrected chi connectivity index (χ4v) is 2.10. The van der Waals surface area contributed by atoms with Crippen molar-refractivity contribution in [2.45, 2.75) is 33.4 Å². The molecule has 5 nitrogen and oxygen atoms in total. The minimum absolute atomic E-state index is 0.318. The van der Waals surface area contributed by atoms with Gasteiger partial charge in [-0.2, -0.15) is 5.10 Å². The largest absolute Gasteiger partial charge is 0.387 e. The molecule has 0 saturated carbocycles. The summed E-state index contributed by atoms with van der Waals surface area (Å²) < 4.78 is 3.95. The van der Waals surface area contributed by atoms with E-state index in [9.17, 15) is 0 Å². The van der Waals surface area contributed by atoms with E-state index in [0.717, 1.165) is 24.4 Å². The number of aromatic nitrogens is 4. The Hall–Kier alpha value is -1.69. The summed E-state index contributed by atoms with van der Waals surface area (Å²) in [5.74, 6) is 0.645. The summed E-state index contributed by atoms with van der Waals surface area (Å²) in [6, 6.07) is 2.12. The highest BCUT2D eigenvalue weighted by atomic mass is 32.1. The van der Waals surface area contributed by atoms with Gasteiger partial charge in [0, 0.05) is 18.9 Å². The molecule has 0 bridgehead atoms. The van der Waals surface area contributed by atoms with E-state index in [0.29, 0.717) is 17.4 Å². The molecule has 0 aromatic carbocycles. The van der Waals surface area contributed by atoms with Crippen LogP contribution in [0.3, 0.4) is 0 Å². The van der Waals surface area contributed by atoms with Crippen molar-refractivity contribution in [3.8, 4) is 0 Å². The molecule has 0 atom stereocenters. The van der Waals surface area contributed by atoms with Crippen molar-refractivity contribution < 1.29 is 0 Å². The van der Waals surface area contributed by atoms with Crippen LogP contribution in [-0.2, 0) is 19.5 Å². The zero-order chi connectivity index (χ0) is 13.1. The van der Waals surface area contributed by atoms with E-state index >= 15 is 0 Å². The Morgan fingerprint density at radius 2 is 2.22 bits per heavy atom. The zero-order valence-corrected chi connectivity index (χ0v) is 11.4. The molecule has 0 fully saturated rings. The van der Waals surface area contributed by atoms with Crippen molar-refractivity contribution in [1.29, 1.82) is 0 Å². The second-order valence-corrected chi connectivity index (χ2v) is 4.48. The Balaban J connectivity index is 2.30. The molecule has 2 rings (SSSR count). The lowest BCUT2D eigenvalue weighted by Gasteiger charge is -2.08. The number of imidazole rings is 1. The molecule has 0 aliphatic heterocycles. The molecule has 96 valence electrons. The average molecular weight is 263 g/mol. The van der Waals surface area contributed by atoms with Crippen molar-refractivity contribution in [3.05, 3.63) is 35.7 Å². The Bertz CT molecular complexity index is 555. The van der Waals surface area contributed by atoms with E-state index in [4.69, 9.17) is 18.0 Å². The van der Waals surface area contributed by atoms with E-state index < -0.39 is 0 Å². The van der Waals surface area contributed by atoms with Crippen LogP contribution in [0.15, 0.2) is 18.5 Å². The minimum Gasteiger partial charge on any atom is -0.387 e. The summed E-state index contributed by atoms with van der Waals surface area (Å²) in [6.07, 6.45) is 4.53. The summed E-state index contributed by atoms with van der Waals surface area (Å²) >= 11 is 4.98. The molecule has 2 aromatic rings. The van der Waals surface area contributed by atoms with Gasteiger partial charge >= 0.3 is 0 Å². The van der Waals surface area contributed by atoms with E-state index in [2.05, 4.69) is 30.0 Å². The van der Waals surface area contributed by atoms with Crippen LogP contribution in [0.5, 0.6) is 0 Å². The van der Waals surface area contributed by atoms with Crippen molar-refractivity contribution in [2.24, 2.45) is 5.73 Å². The predicted molar refractivity (Wildman–Crippen MR) is 74.5 cm³/mol. The SMILES string of the molecule is CCc1cc(Cn2ccnc2C(N)=S)n(CC)n1. The van der Waals surface area contributed by atoms with Crippen molar-refractivity contribution in [1.82, 2.24) is 19.3 Å². The van der Waals surface area contributed by atoms with E-state index in [1.165, 1.54) is 0 Å². The second-order valence-electron chi connectivity index (χ2n) is 4.04. The van der Waals surface area contributed by atoms with E-state index in [1.54, 1.807) is 6.20 Å². The minimum atomic E-state index is 0.318. The predicted octanol–water partition coefficient (Wildman–Crippen LogP) is 1.34. The van der Waals surface area contributed by atoms with Crippen LogP contribution in [0.4, 0.5) is 0 Å². The van der Waals surface area contributed by atoms with Gasteiger partial charge < -0.3 is 10.3 Å². The maximum Gasteiger partial charge on any atom is 0.167 e. The summed E-state index contributed by atoms with van der Waals surface area (Å²) in [4.78, 5) is 4.48. The molecule has 2 heterocycles. The number of nitrogens with zero attached hydrogens (tertiary/aromatic N) is 4. The summed E-state index contributed by atoms with van der Waals surface area (Å²) in [6.45, 7) is 5.72. The standard InChI is InChI=1S/C12H17N5S/c1-3-9-7-10(17(4-2)15-9)8-16-6-5-14-12(16)11(13)18/h5-7H,3-4,8H2,1-2H3,(H2,13,18). The molecule has 18 heavy (non-hydrogen) atoms. The van der Waals surface area contributed by atoms with Gasteiger partial charge in [0.15, 0.2) is 5.82 Å². The van der Waals surface area contributed by atoms with Crippen molar-refractivity contribution >= 4 is 17.2 Å². The molecule has 0 unspecified atom stereocenters. The highest BCUT2D eigenvalue weighted by Crippen LogP contribution is 2.09. The van der Waals surface area contributed by atoms with Gasteiger partial charge in [0.2, 0.25) is 0 Å². The maximum absolute atomic E-state index is 5.64. The maximum atomic E-state index is 5.64. The first-order chi connectivity index (χ1) is 8.65. The van der Waals surface area contributed by atoms with Gasteiger partial charge in [-0.05, 0) is 19.4 Å². The van der Waals surface area contributed by atoms with Crippen LogP contribution in [0.2, 0.25) is 0 Å². The van der Waals surface area contributed by atoms with Crippen molar-refractivity contribution in [3.63, 3.8) is 0 Å². The quantitative estimate of drug-likeness (QED) is 0.827. The Morgan fingerprint density at radius 3 is 2.83 bits per heavy atom. The van der Waals surface area contributed by atoms with Gasteiger partial charge in [0.1, 0.15) is 4.99 Å². The highest BCUT2D eigenvalue weighted by molar-refractivity contribution is 7.80. The van der Waals surface area contributed by atoms with Gasteiger partial charge in [-0.1, -0.05) is 19.1 Å². The van der Waals surface area contributed by atoms with Crippen LogP contribution in [0.25, 0.3) is 0 Å². The number of hydrogen-bond donors (Lipinski definition) is 1. The van der Waals surface area contributed by atoms with Crippen molar-refractivity contribution in [2.75, 3.05) is 0 Å². The lowest BCUT2D eigenvalue weighted by molar-refractivity contribution is 0.594. The van der Waals surface area contributed by atoms with Gasteiger partial charge in [-0.3, -0.25) is 4.68 Å². The molecule has 0 saturated heterocycles. The molecular weight excluding hydrogens is 246 g/mol. The number of thiocarbonyl (C=S) groups is 1. The number of hydrogen-bond acceptors (Lipinski definition) is 3. The zero-order valence-electron chi connectivity index (χ0n) is 10.6. The number of aryl methyl sites for hydroxylation is 2. The van der Waals surface area contributed by atoms with Crippen LogP contribution in [0.1, 0.15) is 31.1 Å². The lowest BCUT2D eigenvalue weighted by Crippen LogP contribution is -2.18. The first-order valence-corrected chi connectivity index (χ1v) is 6.43. The fourth-order valence-electron chi connectivity index (χ4n) is 1.93. The first-order valence-electron chi connectivity index (χ1n) is 6.02. The Morgan fingerprint density at radius 1 is 1.44 bits per heavy atom. The smallest absolute Gasteiger partial charge is 0.167 e. The van der Waals surface area contributed by atoms with Crippen LogP contribution >= 0.6 is 12.2 Å². The second kappa shape index (κ2) is 5.30. The number of rotatable bonds is 5. The van der Waals surface area contributed by atoms with E-state index in [1.807, 2.05) is 15.4 Å². The molecular formula is C12H17N5S. The fraction of sp³-hybridized carbons (Fsp3) is 0.417. The summed E-state index contributed by atoms with van der Waals surface area (Å²) in [7, 11) is 0. The van der Waals surface area contributed by atoms with Crippen LogP contribution < -0.4 is 5.73 Å². The van der Waals surface area contributed by atoms with Crippen LogP contribution in [-0.4, -0.2) is 24.3 Å². The van der Waals surface area contributed by atoms with Gasteiger partial charge in [-0.15, -0.1) is 0 Å². The van der Waals surface area contributed by atoms with Gasteiger partial charge in [0.05, 0.1) is 17.9 Å². The first kappa shape index (κ1) is 12.8. The lowest BCUT2D eigenvalue weighted by atomic mass is 10.3. The third-order valence-electron chi connectivity index (χ3n) is 2.84. The molecule has 0 spiro atoms.